The van der Waals surface area contributed by atoms with E-state index in [1.807, 2.05) is 6.07 Å². The molecular weight excluding hydrogens is 396 g/mol. The smallest absolute Gasteiger partial charge is 0.273 e. The van der Waals surface area contributed by atoms with Crippen molar-refractivity contribution in [3.63, 3.8) is 0 Å². The number of nitrogens with zero attached hydrogens (tertiary/aromatic N) is 2. The first-order valence-corrected chi connectivity index (χ1v) is 11.6. The van der Waals surface area contributed by atoms with Crippen molar-refractivity contribution in [3.05, 3.63) is 32.8 Å². The lowest BCUT2D eigenvalue weighted by Gasteiger charge is -2.33. The SMILES string of the molecule is Cc1nn(C)c(C)c1S(=O)(=O)NNC(=O)c1cc2c(s1)CC[C@H](C(C)(C)C)C2. The Kier molecular flexibility index (Phi) is 5.46. The number of rotatable bonds is 4. The van der Waals surface area contributed by atoms with Crippen molar-refractivity contribution < 1.29 is 13.2 Å². The zero-order chi connectivity index (χ0) is 20.9. The fourth-order valence-corrected chi connectivity index (χ4v) is 6.13. The maximum absolute atomic E-state index is 12.6. The van der Waals surface area contributed by atoms with Crippen LogP contribution in [0.15, 0.2) is 11.0 Å². The number of hydrogen-bond donors (Lipinski definition) is 2. The molecule has 1 aliphatic rings. The average molecular weight is 425 g/mol. The molecule has 2 heterocycles. The number of carbonyl (C=O) groups is 1. The summed E-state index contributed by atoms with van der Waals surface area (Å²) in [6, 6.07) is 1.90. The highest BCUT2D eigenvalue weighted by Crippen LogP contribution is 2.40. The fourth-order valence-electron chi connectivity index (χ4n) is 3.74. The molecule has 7 nitrogen and oxygen atoms in total. The van der Waals surface area contributed by atoms with Gasteiger partial charge in [-0.1, -0.05) is 20.8 Å². The second-order valence-corrected chi connectivity index (χ2v) is 11.3. The van der Waals surface area contributed by atoms with Crippen LogP contribution >= 0.6 is 11.3 Å². The maximum Gasteiger partial charge on any atom is 0.276 e. The fraction of sp³-hybridized carbons (Fsp3) is 0.579. The van der Waals surface area contributed by atoms with E-state index in [0.717, 1.165) is 19.3 Å². The minimum absolute atomic E-state index is 0.0915. The normalized spacial score (nSPS) is 17.4. The second-order valence-electron chi connectivity index (χ2n) is 8.55. The van der Waals surface area contributed by atoms with Gasteiger partial charge in [0, 0.05) is 11.9 Å². The van der Waals surface area contributed by atoms with Crippen LogP contribution < -0.4 is 10.3 Å². The lowest BCUT2D eigenvalue weighted by molar-refractivity contribution is 0.0949. The van der Waals surface area contributed by atoms with Crippen molar-refractivity contribution in [2.75, 3.05) is 0 Å². The van der Waals surface area contributed by atoms with Crippen molar-refractivity contribution in [2.45, 2.75) is 58.8 Å². The van der Waals surface area contributed by atoms with Crippen LogP contribution in [0.1, 0.15) is 58.7 Å². The third-order valence-electron chi connectivity index (χ3n) is 5.54. The topological polar surface area (TPSA) is 93.1 Å². The van der Waals surface area contributed by atoms with Gasteiger partial charge in [-0.15, -0.1) is 16.2 Å². The summed E-state index contributed by atoms with van der Waals surface area (Å²) in [6.07, 6.45) is 3.04. The Hall–Kier alpha value is -1.71. The van der Waals surface area contributed by atoms with E-state index in [1.165, 1.54) is 26.5 Å². The quantitative estimate of drug-likeness (QED) is 0.738. The largest absolute Gasteiger partial charge is 0.276 e. The van der Waals surface area contributed by atoms with Crippen LogP contribution in [0.25, 0.3) is 0 Å². The van der Waals surface area contributed by atoms with E-state index in [2.05, 4.69) is 36.1 Å². The molecule has 154 valence electrons. The van der Waals surface area contributed by atoms with Gasteiger partial charge in [-0.3, -0.25) is 14.9 Å². The Morgan fingerprint density at radius 3 is 2.57 bits per heavy atom. The van der Waals surface area contributed by atoms with E-state index in [1.54, 1.807) is 20.9 Å². The number of nitrogens with one attached hydrogen (secondary N) is 2. The summed E-state index contributed by atoms with van der Waals surface area (Å²) in [5.74, 6) is 0.148. The highest BCUT2D eigenvalue weighted by atomic mass is 32.2. The summed E-state index contributed by atoms with van der Waals surface area (Å²) in [5.41, 5.74) is 4.70. The van der Waals surface area contributed by atoms with Crippen LogP contribution in [0.2, 0.25) is 0 Å². The van der Waals surface area contributed by atoms with Crippen LogP contribution in [-0.2, 0) is 29.9 Å². The molecular formula is C19H28N4O3S2. The summed E-state index contributed by atoms with van der Waals surface area (Å²) in [4.78, 5) is 16.6. The Bertz CT molecular complexity index is 1010. The number of thiophene rings is 1. The monoisotopic (exact) mass is 424 g/mol. The van der Waals surface area contributed by atoms with E-state index in [4.69, 9.17) is 0 Å². The van der Waals surface area contributed by atoms with Crippen LogP contribution in [0, 0.1) is 25.2 Å². The van der Waals surface area contributed by atoms with Gasteiger partial charge in [0.1, 0.15) is 4.90 Å². The van der Waals surface area contributed by atoms with Gasteiger partial charge in [0.2, 0.25) is 0 Å². The Morgan fingerprint density at radius 2 is 2.00 bits per heavy atom. The van der Waals surface area contributed by atoms with Crippen molar-refractivity contribution in [2.24, 2.45) is 18.4 Å². The summed E-state index contributed by atoms with van der Waals surface area (Å²) < 4.78 is 26.7. The Balaban J connectivity index is 1.72. The molecule has 2 N–H and O–H groups in total. The predicted octanol–water partition coefficient (Wildman–Crippen LogP) is 2.87. The van der Waals surface area contributed by atoms with Gasteiger partial charge in [-0.25, -0.2) is 8.42 Å². The van der Waals surface area contributed by atoms with Gasteiger partial charge in [0.05, 0.1) is 16.3 Å². The van der Waals surface area contributed by atoms with Gasteiger partial charge in [0.15, 0.2) is 0 Å². The standard InChI is InChI=1S/C19H28N4O3S2/c1-11-17(12(2)23(6)21-11)28(25,26)22-20-18(24)16-10-13-9-14(19(3,4)5)7-8-15(13)27-16/h10,14,22H,7-9H2,1-6H3,(H,20,24)/t14-/m0/s1. The zero-order valence-corrected chi connectivity index (χ0v) is 18.8. The molecule has 0 fully saturated rings. The number of sulfonamides is 1. The van der Waals surface area contributed by atoms with Crippen LogP contribution in [0.5, 0.6) is 0 Å². The van der Waals surface area contributed by atoms with Crippen LogP contribution in [-0.4, -0.2) is 24.1 Å². The molecule has 0 aliphatic heterocycles. The molecule has 3 rings (SSSR count). The van der Waals surface area contributed by atoms with Crippen LogP contribution in [0.3, 0.4) is 0 Å². The summed E-state index contributed by atoms with van der Waals surface area (Å²) in [6.45, 7) is 10.1. The molecule has 1 amide bonds. The second kappa shape index (κ2) is 7.27. The molecule has 0 saturated heterocycles. The van der Waals surface area contributed by atoms with E-state index in [9.17, 15) is 13.2 Å². The van der Waals surface area contributed by atoms with E-state index in [0.29, 0.717) is 22.2 Å². The van der Waals surface area contributed by atoms with Crippen molar-refractivity contribution in [1.29, 1.82) is 0 Å². The average Bonchev–Trinajstić information content (AvgIpc) is 3.12. The van der Waals surface area contributed by atoms with Gasteiger partial charge >= 0.3 is 0 Å². The predicted molar refractivity (Wildman–Crippen MR) is 110 cm³/mol. The minimum atomic E-state index is -3.89. The number of aromatic nitrogens is 2. The number of hydrogen-bond acceptors (Lipinski definition) is 5. The van der Waals surface area contributed by atoms with Gasteiger partial charge in [-0.05, 0) is 56.1 Å². The van der Waals surface area contributed by atoms with E-state index >= 15 is 0 Å². The minimum Gasteiger partial charge on any atom is -0.273 e. The summed E-state index contributed by atoms with van der Waals surface area (Å²) >= 11 is 1.45. The Morgan fingerprint density at radius 1 is 1.32 bits per heavy atom. The maximum atomic E-state index is 12.6. The van der Waals surface area contributed by atoms with Crippen molar-refractivity contribution >= 4 is 27.3 Å². The lowest BCUT2D eigenvalue weighted by Crippen LogP contribution is -2.41. The van der Waals surface area contributed by atoms with Crippen molar-refractivity contribution in [3.8, 4) is 0 Å². The van der Waals surface area contributed by atoms with Crippen molar-refractivity contribution in [1.82, 2.24) is 20.0 Å². The van der Waals surface area contributed by atoms with Gasteiger partial charge in [0.25, 0.3) is 15.9 Å². The molecule has 2 aromatic rings. The number of fused-ring (bicyclic) bond motifs is 1. The van der Waals surface area contributed by atoms with E-state index < -0.39 is 15.9 Å². The highest BCUT2D eigenvalue weighted by molar-refractivity contribution is 7.89. The first-order chi connectivity index (χ1) is 12.9. The lowest BCUT2D eigenvalue weighted by atomic mass is 9.72. The van der Waals surface area contributed by atoms with Crippen LogP contribution in [0.4, 0.5) is 0 Å². The highest BCUT2D eigenvalue weighted by Gasteiger charge is 2.31. The third kappa shape index (κ3) is 4.01. The number of aryl methyl sites for hydroxylation is 3. The first-order valence-electron chi connectivity index (χ1n) is 9.34. The molecule has 0 saturated carbocycles. The van der Waals surface area contributed by atoms with Gasteiger partial charge in [-0.2, -0.15) is 5.10 Å². The molecule has 0 radical (unpaired) electrons. The molecule has 0 bridgehead atoms. The number of amides is 1. The number of carbonyl (C=O) groups excluding carboxylic acids is 1. The van der Waals surface area contributed by atoms with E-state index in [-0.39, 0.29) is 10.3 Å². The molecule has 0 aromatic carbocycles. The molecule has 1 aliphatic carbocycles. The molecule has 2 aromatic heterocycles. The Labute approximate surface area is 170 Å². The zero-order valence-electron chi connectivity index (χ0n) is 17.2. The molecule has 9 heteroatoms. The van der Waals surface area contributed by atoms with Gasteiger partial charge < -0.3 is 0 Å². The summed E-state index contributed by atoms with van der Waals surface area (Å²) in [5, 5.41) is 4.12. The molecule has 0 spiro atoms. The molecule has 1 atom stereocenters. The molecule has 0 unspecified atom stereocenters. The number of hydrazine groups is 1. The summed E-state index contributed by atoms with van der Waals surface area (Å²) in [7, 11) is -2.21. The first kappa shape index (κ1) is 21.0. The molecule has 28 heavy (non-hydrogen) atoms. The third-order valence-corrected chi connectivity index (χ3v) is 8.28.